The van der Waals surface area contributed by atoms with E-state index in [1.807, 2.05) is 74.5 Å². The Balaban J connectivity index is 1.98. The van der Waals surface area contributed by atoms with E-state index in [1.54, 1.807) is 0 Å². The van der Waals surface area contributed by atoms with Gasteiger partial charge in [0.1, 0.15) is 23.1 Å². The smallest absolute Gasteiger partial charge is 0.263 e. The number of hydrogen-bond acceptors (Lipinski definition) is 4. The molecule has 128 valence electrons. The molecule has 0 radical (unpaired) electrons. The van der Waals surface area contributed by atoms with E-state index in [2.05, 4.69) is 10.6 Å². The van der Waals surface area contributed by atoms with Crippen LogP contribution in [0.4, 0.5) is 5.69 Å². The van der Waals surface area contributed by atoms with E-state index in [0.29, 0.717) is 5.75 Å². The average Bonchev–Trinajstić information content (AvgIpc) is 2.64. The molecule has 0 saturated heterocycles. The zero-order chi connectivity index (χ0) is 18.1. The molecule has 2 N–H and O–H groups in total. The van der Waals surface area contributed by atoms with Gasteiger partial charge in [-0.3, -0.25) is 4.79 Å². The fourth-order valence-electron chi connectivity index (χ4n) is 1.95. The molecular formula is C20H21N3O2. The lowest BCUT2D eigenvalue weighted by molar-refractivity contribution is -0.117. The number of amides is 1. The Morgan fingerprint density at radius 1 is 1.16 bits per heavy atom. The van der Waals surface area contributed by atoms with Crippen molar-refractivity contribution in [3.63, 3.8) is 0 Å². The number of ether oxygens (including phenoxy) is 1. The number of nitrogens with zero attached hydrogens (tertiary/aromatic N) is 1. The minimum atomic E-state index is -0.381. The third-order valence-corrected chi connectivity index (χ3v) is 3.57. The van der Waals surface area contributed by atoms with E-state index >= 15 is 0 Å². The molecule has 0 spiro atoms. The molecule has 0 heterocycles. The highest BCUT2D eigenvalue weighted by Gasteiger charge is 2.10. The molecule has 0 bridgehead atoms. The van der Waals surface area contributed by atoms with Crippen LogP contribution in [0.15, 0.2) is 66.4 Å². The van der Waals surface area contributed by atoms with Gasteiger partial charge in [-0.2, -0.15) is 5.26 Å². The van der Waals surface area contributed by atoms with Crippen molar-refractivity contribution in [2.45, 2.75) is 26.3 Å². The van der Waals surface area contributed by atoms with Gasteiger partial charge in [0.25, 0.3) is 5.91 Å². The molecule has 5 heteroatoms. The first-order chi connectivity index (χ1) is 12.1. The fraction of sp³-hybridized carbons (Fsp3) is 0.200. The summed E-state index contributed by atoms with van der Waals surface area (Å²) in [7, 11) is 0. The molecule has 2 aromatic rings. The maximum atomic E-state index is 12.0. The van der Waals surface area contributed by atoms with Crippen molar-refractivity contribution in [1.82, 2.24) is 5.32 Å². The summed E-state index contributed by atoms with van der Waals surface area (Å²) in [6, 6.07) is 18.7. The normalized spacial score (nSPS) is 12.0. The van der Waals surface area contributed by atoms with Gasteiger partial charge in [0, 0.05) is 17.9 Å². The maximum Gasteiger partial charge on any atom is 0.263 e. The zero-order valence-corrected chi connectivity index (χ0v) is 14.3. The van der Waals surface area contributed by atoms with Crippen molar-refractivity contribution >= 4 is 11.6 Å². The van der Waals surface area contributed by atoms with Gasteiger partial charge in [0.15, 0.2) is 0 Å². The molecule has 2 aromatic carbocycles. The molecule has 0 aliphatic carbocycles. The van der Waals surface area contributed by atoms with Gasteiger partial charge in [-0.15, -0.1) is 0 Å². The number of carbonyl (C=O) groups excluding carboxylic acids is 1. The fourth-order valence-corrected chi connectivity index (χ4v) is 1.95. The van der Waals surface area contributed by atoms with Gasteiger partial charge in [-0.05, 0) is 49.7 Å². The summed E-state index contributed by atoms with van der Waals surface area (Å²) in [5, 5.41) is 14.9. The second kappa shape index (κ2) is 9.14. The molecule has 1 atom stereocenters. The van der Waals surface area contributed by atoms with Crippen LogP contribution in [0.2, 0.25) is 0 Å². The van der Waals surface area contributed by atoms with E-state index < -0.39 is 0 Å². The first kappa shape index (κ1) is 18.1. The first-order valence-corrected chi connectivity index (χ1v) is 8.13. The predicted molar refractivity (Wildman–Crippen MR) is 98.2 cm³/mol. The Labute approximate surface area is 147 Å². The molecule has 0 aliphatic heterocycles. The molecular weight excluding hydrogens is 314 g/mol. The Bertz CT molecular complexity index is 762. The average molecular weight is 335 g/mol. The SMILES string of the molecule is CCC(C)NC(=O)/C(C#N)=C\Nc1ccc(Oc2ccccc2)cc1. The van der Waals surface area contributed by atoms with Crippen molar-refractivity contribution in [2.75, 3.05) is 5.32 Å². The van der Waals surface area contributed by atoms with Crippen LogP contribution in [0.1, 0.15) is 20.3 Å². The number of benzene rings is 2. The van der Waals surface area contributed by atoms with E-state index in [0.717, 1.165) is 17.9 Å². The van der Waals surface area contributed by atoms with Gasteiger partial charge in [0.2, 0.25) is 0 Å². The van der Waals surface area contributed by atoms with Gasteiger partial charge < -0.3 is 15.4 Å². The number of rotatable bonds is 7. The summed E-state index contributed by atoms with van der Waals surface area (Å²) < 4.78 is 5.71. The summed E-state index contributed by atoms with van der Waals surface area (Å²) in [4.78, 5) is 12.0. The lowest BCUT2D eigenvalue weighted by Crippen LogP contribution is -2.33. The van der Waals surface area contributed by atoms with Gasteiger partial charge in [-0.25, -0.2) is 0 Å². The molecule has 5 nitrogen and oxygen atoms in total. The molecule has 0 saturated carbocycles. The van der Waals surface area contributed by atoms with Crippen molar-refractivity contribution in [1.29, 1.82) is 5.26 Å². The highest BCUT2D eigenvalue weighted by atomic mass is 16.5. The number of carbonyl (C=O) groups is 1. The molecule has 0 aliphatic rings. The summed E-state index contributed by atoms with van der Waals surface area (Å²) in [5.41, 5.74) is 0.786. The van der Waals surface area contributed by atoms with Crippen molar-refractivity contribution in [2.24, 2.45) is 0 Å². The Morgan fingerprint density at radius 2 is 1.80 bits per heavy atom. The molecule has 1 amide bonds. The van der Waals surface area contributed by atoms with E-state index in [9.17, 15) is 4.79 Å². The zero-order valence-electron chi connectivity index (χ0n) is 14.3. The molecule has 0 aromatic heterocycles. The van der Waals surface area contributed by atoms with Crippen molar-refractivity contribution in [3.8, 4) is 17.6 Å². The first-order valence-electron chi connectivity index (χ1n) is 8.13. The summed E-state index contributed by atoms with van der Waals surface area (Å²) in [6.45, 7) is 3.86. The number of hydrogen-bond donors (Lipinski definition) is 2. The van der Waals surface area contributed by atoms with Crippen LogP contribution in [0.5, 0.6) is 11.5 Å². The standard InChI is InChI=1S/C20H21N3O2/c1-3-15(2)23-20(24)16(13-21)14-22-17-9-11-19(12-10-17)25-18-7-5-4-6-8-18/h4-12,14-15,22H,3H2,1-2H3,(H,23,24)/b16-14-. The largest absolute Gasteiger partial charge is 0.457 e. The second-order valence-electron chi connectivity index (χ2n) is 5.54. The summed E-state index contributed by atoms with van der Waals surface area (Å²) in [6.07, 6.45) is 2.21. The molecule has 2 rings (SSSR count). The van der Waals surface area contributed by atoms with Gasteiger partial charge in [0.05, 0.1) is 0 Å². The Hall–Kier alpha value is -3.26. The van der Waals surface area contributed by atoms with E-state index in [1.165, 1.54) is 6.20 Å². The lowest BCUT2D eigenvalue weighted by atomic mass is 10.2. The monoisotopic (exact) mass is 335 g/mol. The molecule has 0 fully saturated rings. The summed E-state index contributed by atoms with van der Waals surface area (Å²) in [5.74, 6) is 1.08. The third-order valence-electron chi connectivity index (χ3n) is 3.57. The number of nitrogens with one attached hydrogen (secondary N) is 2. The third kappa shape index (κ3) is 5.70. The van der Waals surface area contributed by atoms with Crippen LogP contribution in [0.25, 0.3) is 0 Å². The number of anilines is 1. The highest BCUT2D eigenvalue weighted by molar-refractivity contribution is 5.97. The lowest BCUT2D eigenvalue weighted by Gasteiger charge is -2.10. The van der Waals surface area contributed by atoms with Crippen LogP contribution in [0.3, 0.4) is 0 Å². The minimum absolute atomic E-state index is 0.0265. The van der Waals surface area contributed by atoms with Crippen LogP contribution in [0, 0.1) is 11.3 Å². The molecule has 1 unspecified atom stereocenters. The topological polar surface area (TPSA) is 74.2 Å². The van der Waals surface area contributed by atoms with Crippen LogP contribution in [-0.4, -0.2) is 11.9 Å². The Kier molecular flexibility index (Phi) is 6.61. The molecule has 25 heavy (non-hydrogen) atoms. The number of nitriles is 1. The van der Waals surface area contributed by atoms with Crippen LogP contribution in [-0.2, 0) is 4.79 Å². The second-order valence-corrected chi connectivity index (χ2v) is 5.54. The quantitative estimate of drug-likeness (QED) is 0.587. The van der Waals surface area contributed by atoms with Crippen LogP contribution < -0.4 is 15.4 Å². The summed E-state index contributed by atoms with van der Waals surface area (Å²) >= 11 is 0. The Morgan fingerprint density at radius 3 is 2.40 bits per heavy atom. The maximum absolute atomic E-state index is 12.0. The van der Waals surface area contributed by atoms with Gasteiger partial charge >= 0.3 is 0 Å². The van der Waals surface area contributed by atoms with Crippen molar-refractivity contribution in [3.05, 3.63) is 66.4 Å². The van der Waals surface area contributed by atoms with Crippen LogP contribution >= 0.6 is 0 Å². The number of para-hydroxylation sites is 1. The van der Waals surface area contributed by atoms with E-state index in [-0.39, 0.29) is 17.5 Å². The van der Waals surface area contributed by atoms with E-state index in [4.69, 9.17) is 10.00 Å². The van der Waals surface area contributed by atoms with Crippen molar-refractivity contribution < 1.29 is 9.53 Å². The highest BCUT2D eigenvalue weighted by Crippen LogP contribution is 2.22. The van der Waals surface area contributed by atoms with Gasteiger partial charge in [-0.1, -0.05) is 25.1 Å². The predicted octanol–water partition coefficient (Wildman–Crippen LogP) is 4.21. The minimum Gasteiger partial charge on any atom is -0.457 e.